The van der Waals surface area contributed by atoms with Crippen molar-refractivity contribution >= 4 is 34.8 Å². The van der Waals surface area contributed by atoms with Crippen LogP contribution in [0, 0.1) is 0 Å². The molecule has 1 heterocycles. The van der Waals surface area contributed by atoms with Crippen LogP contribution in [0.15, 0.2) is 48.5 Å². The number of carbonyl (C=O) groups excluding carboxylic acids is 2. The molecule has 26 heavy (non-hydrogen) atoms. The summed E-state index contributed by atoms with van der Waals surface area (Å²) in [5.74, 6) is -0.323. The molecular formula is C20H22ClN3O2. The molecule has 3 rings (SSSR count). The van der Waals surface area contributed by atoms with Gasteiger partial charge in [-0.05, 0) is 24.6 Å². The lowest BCUT2D eigenvalue weighted by Gasteiger charge is -2.25. The molecular weight excluding hydrogens is 350 g/mol. The van der Waals surface area contributed by atoms with E-state index in [0.717, 1.165) is 11.3 Å². The van der Waals surface area contributed by atoms with Gasteiger partial charge in [-0.25, -0.2) is 0 Å². The number of fused-ring (bicyclic) bond motifs is 1. The van der Waals surface area contributed by atoms with Crippen LogP contribution in [0.1, 0.15) is 24.9 Å². The third-order valence-corrected chi connectivity index (χ3v) is 4.89. The van der Waals surface area contributed by atoms with Gasteiger partial charge in [0, 0.05) is 20.0 Å². The Morgan fingerprint density at radius 3 is 2.65 bits per heavy atom. The Kier molecular flexibility index (Phi) is 5.47. The summed E-state index contributed by atoms with van der Waals surface area (Å²) in [6, 6.07) is 15.1. The fourth-order valence-corrected chi connectivity index (χ4v) is 3.42. The van der Waals surface area contributed by atoms with E-state index in [4.69, 9.17) is 11.6 Å². The third kappa shape index (κ3) is 3.83. The van der Waals surface area contributed by atoms with Crippen LogP contribution in [0.4, 0.5) is 11.4 Å². The summed E-state index contributed by atoms with van der Waals surface area (Å²) in [5, 5.41) is 3.42. The van der Waals surface area contributed by atoms with Crippen molar-refractivity contribution in [2.45, 2.75) is 19.4 Å². The number of nitrogens with zero attached hydrogens (tertiary/aromatic N) is 2. The average Bonchev–Trinajstić information content (AvgIpc) is 2.75. The van der Waals surface area contributed by atoms with Gasteiger partial charge >= 0.3 is 0 Å². The number of carbonyl (C=O) groups is 2. The standard InChI is InChI=1S/C20H22ClN3O2/c1-14(15-7-4-3-5-8-15)22-18(25)13-24-19(26)11-12-23(2)17-10-6-9-16(21)20(17)24/h3-10,14H,11-13H2,1-2H3,(H,22,25)/t14-/m0/s1. The largest absolute Gasteiger partial charge is 0.372 e. The molecule has 0 saturated heterocycles. The van der Waals surface area contributed by atoms with E-state index in [1.165, 1.54) is 4.90 Å². The molecule has 2 aromatic carbocycles. The number of hydrogen-bond donors (Lipinski definition) is 1. The summed E-state index contributed by atoms with van der Waals surface area (Å²) in [7, 11) is 1.92. The zero-order chi connectivity index (χ0) is 18.7. The van der Waals surface area contributed by atoms with Crippen molar-refractivity contribution in [1.29, 1.82) is 0 Å². The second-order valence-corrected chi connectivity index (χ2v) is 6.87. The molecule has 0 unspecified atom stereocenters. The Bertz CT molecular complexity index is 810. The summed E-state index contributed by atoms with van der Waals surface area (Å²) in [6.45, 7) is 2.46. The first kappa shape index (κ1) is 18.3. The molecule has 0 spiro atoms. The molecule has 2 aromatic rings. The second-order valence-electron chi connectivity index (χ2n) is 6.46. The zero-order valence-corrected chi connectivity index (χ0v) is 15.7. The fraction of sp³-hybridized carbons (Fsp3) is 0.300. The highest BCUT2D eigenvalue weighted by atomic mass is 35.5. The van der Waals surface area contributed by atoms with Gasteiger partial charge in [0.2, 0.25) is 11.8 Å². The highest BCUT2D eigenvalue weighted by molar-refractivity contribution is 6.35. The Balaban J connectivity index is 1.81. The van der Waals surface area contributed by atoms with Crippen molar-refractivity contribution in [2.75, 3.05) is 29.9 Å². The predicted molar refractivity (Wildman–Crippen MR) is 105 cm³/mol. The van der Waals surface area contributed by atoms with E-state index in [1.54, 1.807) is 6.07 Å². The lowest BCUT2D eigenvalue weighted by atomic mass is 10.1. The Morgan fingerprint density at radius 2 is 1.92 bits per heavy atom. The summed E-state index contributed by atoms with van der Waals surface area (Å²) in [6.07, 6.45) is 0.336. The normalized spacial score (nSPS) is 15.3. The number of nitrogens with one attached hydrogen (secondary N) is 1. The number of rotatable bonds is 4. The first-order chi connectivity index (χ1) is 12.5. The highest BCUT2D eigenvalue weighted by Crippen LogP contribution is 2.38. The molecule has 2 amide bonds. The number of anilines is 2. The van der Waals surface area contributed by atoms with Gasteiger partial charge in [0.1, 0.15) is 6.54 Å². The predicted octanol–water partition coefficient (Wildman–Crippen LogP) is 3.39. The number of para-hydroxylation sites is 1. The van der Waals surface area contributed by atoms with E-state index in [9.17, 15) is 9.59 Å². The van der Waals surface area contributed by atoms with Crippen molar-refractivity contribution in [2.24, 2.45) is 0 Å². The summed E-state index contributed by atoms with van der Waals surface area (Å²) in [4.78, 5) is 28.7. The zero-order valence-electron chi connectivity index (χ0n) is 14.9. The van der Waals surface area contributed by atoms with Gasteiger partial charge in [-0.3, -0.25) is 14.5 Å². The fourth-order valence-electron chi connectivity index (χ4n) is 3.15. The van der Waals surface area contributed by atoms with Gasteiger partial charge in [0.05, 0.1) is 22.4 Å². The Labute approximate surface area is 158 Å². The number of benzene rings is 2. The molecule has 6 heteroatoms. The maximum Gasteiger partial charge on any atom is 0.240 e. The van der Waals surface area contributed by atoms with Crippen molar-refractivity contribution in [1.82, 2.24) is 5.32 Å². The average molecular weight is 372 g/mol. The summed E-state index contributed by atoms with van der Waals surface area (Å²) < 4.78 is 0. The molecule has 136 valence electrons. The van der Waals surface area contributed by atoms with E-state index in [-0.39, 0.29) is 24.4 Å². The molecule has 1 N–H and O–H groups in total. The summed E-state index contributed by atoms with van der Waals surface area (Å²) >= 11 is 6.37. The van der Waals surface area contributed by atoms with Crippen LogP contribution in [0.3, 0.4) is 0 Å². The van der Waals surface area contributed by atoms with Gasteiger partial charge < -0.3 is 10.2 Å². The lowest BCUT2D eigenvalue weighted by molar-refractivity contribution is -0.124. The van der Waals surface area contributed by atoms with E-state index in [1.807, 2.05) is 61.3 Å². The van der Waals surface area contributed by atoms with Gasteiger partial charge in [-0.15, -0.1) is 0 Å². The molecule has 0 radical (unpaired) electrons. The van der Waals surface area contributed by atoms with E-state index in [0.29, 0.717) is 23.7 Å². The quantitative estimate of drug-likeness (QED) is 0.896. The smallest absolute Gasteiger partial charge is 0.240 e. The van der Waals surface area contributed by atoms with Crippen molar-refractivity contribution < 1.29 is 9.59 Å². The molecule has 0 saturated carbocycles. The minimum Gasteiger partial charge on any atom is -0.372 e. The monoisotopic (exact) mass is 371 g/mol. The molecule has 1 aliphatic heterocycles. The van der Waals surface area contributed by atoms with Gasteiger partial charge in [0.15, 0.2) is 0 Å². The van der Waals surface area contributed by atoms with E-state index >= 15 is 0 Å². The van der Waals surface area contributed by atoms with Crippen LogP contribution < -0.4 is 15.1 Å². The van der Waals surface area contributed by atoms with Crippen molar-refractivity contribution in [3.05, 3.63) is 59.1 Å². The SMILES string of the molecule is C[C@H](NC(=O)CN1C(=O)CCN(C)c2cccc(Cl)c21)c1ccccc1. The molecule has 1 aliphatic rings. The lowest BCUT2D eigenvalue weighted by Crippen LogP contribution is -2.41. The Hall–Kier alpha value is -2.53. The maximum absolute atomic E-state index is 12.6. The molecule has 5 nitrogen and oxygen atoms in total. The first-order valence-electron chi connectivity index (χ1n) is 8.61. The van der Waals surface area contributed by atoms with Crippen LogP contribution >= 0.6 is 11.6 Å². The molecule has 1 atom stereocenters. The van der Waals surface area contributed by atoms with Crippen LogP contribution in [-0.4, -0.2) is 32.0 Å². The number of hydrogen-bond acceptors (Lipinski definition) is 3. The van der Waals surface area contributed by atoms with E-state index < -0.39 is 0 Å². The van der Waals surface area contributed by atoms with Gasteiger partial charge in [0.25, 0.3) is 0 Å². The Morgan fingerprint density at radius 1 is 1.19 bits per heavy atom. The van der Waals surface area contributed by atoms with E-state index in [2.05, 4.69) is 5.32 Å². The van der Waals surface area contributed by atoms with Gasteiger partial charge in [-0.1, -0.05) is 48.0 Å². The van der Waals surface area contributed by atoms with Crippen LogP contribution in [-0.2, 0) is 9.59 Å². The first-order valence-corrected chi connectivity index (χ1v) is 8.99. The third-order valence-electron chi connectivity index (χ3n) is 4.59. The van der Waals surface area contributed by atoms with Crippen LogP contribution in [0.25, 0.3) is 0 Å². The molecule has 0 aliphatic carbocycles. The highest BCUT2D eigenvalue weighted by Gasteiger charge is 2.28. The number of amides is 2. The topological polar surface area (TPSA) is 52.7 Å². The molecule has 0 fully saturated rings. The van der Waals surface area contributed by atoms with Crippen LogP contribution in [0.2, 0.25) is 5.02 Å². The van der Waals surface area contributed by atoms with Crippen molar-refractivity contribution in [3.8, 4) is 0 Å². The minimum absolute atomic E-state index is 0.0550. The van der Waals surface area contributed by atoms with Crippen LogP contribution in [0.5, 0.6) is 0 Å². The maximum atomic E-state index is 12.6. The summed E-state index contributed by atoms with van der Waals surface area (Å²) in [5.41, 5.74) is 2.47. The second kappa shape index (κ2) is 7.79. The number of halogens is 1. The molecule has 0 bridgehead atoms. The van der Waals surface area contributed by atoms with Crippen molar-refractivity contribution in [3.63, 3.8) is 0 Å². The minimum atomic E-state index is -0.217. The molecule has 0 aromatic heterocycles. The van der Waals surface area contributed by atoms with Gasteiger partial charge in [-0.2, -0.15) is 0 Å².